The molecule has 0 bridgehead atoms. The van der Waals surface area contributed by atoms with E-state index >= 15 is 0 Å². The Morgan fingerprint density at radius 2 is 1.53 bits per heavy atom. The minimum absolute atomic E-state index is 0.259. The van der Waals surface area contributed by atoms with Crippen LogP contribution in [0.25, 0.3) is 0 Å². The van der Waals surface area contributed by atoms with Crippen molar-refractivity contribution in [3.8, 4) is 0 Å². The highest BCUT2D eigenvalue weighted by Gasteiger charge is 2.16. The summed E-state index contributed by atoms with van der Waals surface area (Å²) in [5, 5.41) is 1.43. The van der Waals surface area contributed by atoms with E-state index in [-0.39, 0.29) is 6.04 Å². The maximum atomic E-state index is 6.36. The molecule has 1 atom stereocenters. The van der Waals surface area contributed by atoms with Crippen LogP contribution in [0.15, 0.2) is 30.3 Å². The van der Waals surface area contributed by atoms with Gasteiger partial charge in [0.15, 0.2) is 0 Å². The predicted molar refractivity (Wildman–Crippen MR) is 83.1 cm³/mol. The molecule has 0 aliphatic rings. The molecule has 0 amide bonds. The van der Waals surface area contributed by atoms with Crippen molar-refractivity contribution >= 4 is 23.2 Å². The molecule has 0 aliphatic carbocycles. The Morgan fingerprint density at radius 1 is 0.895 bits per heavy atom. The SMILES string of the molecule is Cc1cc(Cl)c(C(N)c2cccc(Cl)c2C)cc1C. The highest BCUT2D eigenvalue weighted by atomic mass is 35.5. The molecule has 0 spiro atoms. The molecule has 19 heavy (non-hydrogen) atoms. The molecule has 0 heterocycles. The molecule has 2 aromatic rings. The lowest BCUT2D eigenvalue weighted by atomic mass is 9.93. The first-order chi connectivity index (χ1) is 8.91. The smallest absolute Gasteiger partial charge is 0.0569 e. The third-order valence-electron chi connectivity index (χ3n) is 3.59. The van der Waals surface area contributed by atoms with Gasteiger partial charge in [0, 0.05) is 10.0 Å². The molecule has 1 unspecified atom stereocenters. The van der Waals surface area contributed by atoms with Gasteiger partial charge in [-0.1, -0.05) is 41.4 Å². The van der Waals surface area contributed by atoms with Crippen LogP contribution in [0.2, 0.25) is 10.0 Å². The zero-order valence-corrected chi connectivity index (χ0v) is 12.8. The molecule has 0 radical (unpaired) electrons. The van der Waals surface area contributed by atoms with E-state index in [1.807, 2.05) is 38.1 Å². The summed E-state index contributed by atoms with van der Waals surface area (Å²) in [6.07, 6.45) is 0. The lowest BCUT2D eigenvalue weighted by Gasteiger charge is -2.18. The fourth-order valence-electron chi connectivity index (χ4n) is 2.17. The Hall–Kier alpha value is -1.02. The summed E-state index contributed by atoms with van der Waals surface area (Å²) in [7, 11) is 0. The average Bonchev–Trinajstić information content (AvgIpc) is 2.36. The van der Waals surface area contributed by atoms with Crippen molar-refractivity contribution in [1.82, 2.24) is 0 Å². The van der Waals surface area contributed by atoms with Crippen LogP contribution in [0, 0.1) is 20.8 Å². The number of hydrogen-bond acceptors (Lipinski definition) is 1. The van der Waals surface area contributed by atoms with Crippen LogP contribution in [0.3, 0.4) is 0 Å². The first-order valence-electron chi connectivity index (χ1n) is 6.19. The van der Waals surface area contributed by atoms with Crippen LogP contribution in [0.1, 0.15) is 33.9 Å². The molecular formula is C16H17Cl2N. The van der Waals surface area contributed by atoms with E-state index in [0.717, 1.165) is 21.7 Å². The van der Waals surface area contributed by atoms with Crippen molar-refractivity contribution in [3.63, 3.8) is 0 Å². The van der Waals surface area contributed by atoms with Gasteiger partial charge in [-0.25, -0.2) is 0 Å². The molecule has 0 saturated heterocycles. The Labute approximate surface area is 124 Å². The highest BCUT2D eigenvalue weighted by Crippen LogP contribution is 2.32. The number of halogens is 2. The fraction of sp³-hybridized carbons (Fsp3) is 0.250. The zero-order valence-electron chi connectivity index (χ0n) is 11.3. The molecular weight excluding hydrogens is 277 g/mol. The van der Waals surface area contributed by atoms with Gasteiger partial charge in [0.25, 0.3) is 0 Å². The van der Waals surface area contributed by atoms with Crippen LogP contribution in [-0.2, 0) is 0 Å². The normalized spacial score (nSPS) is 12.5. The van der Waals surface area contributed by atoms with E-state index in [2.05, 4.69) is 13.0 Å². The first-order valence-corrected chi connectivity index (χ1v) is 6.94. The Balaban J connectivity index is 2.53. The Bertz CT molecular complexity index is 620. The van der Waals surface area contributed by atoms with Crippen LogP contribution in [0.5, 0.6) is 0 Å². The molecule has 0 fully saturated rings. The lowest BCUT2D eigenvalue weighted by molar-refractivity contribution is 0.859. The summed E-state index contributed by atoms with van der Waals surface area (Å²) in [6, 6.07) is 9.55. The van der Waals surface area contributed by atoms with E-state index in [1.54, 1.807) is 0 Å². The zero-order chi connectivity index (χ0) is 14.2. The van der Waals surface area contributed by atoms with Crippen LogP contribution in [0.4, 0.5) is 0 Å². The maximum Gasteiger partial charge on any atom is 0.0569 e. The van der Waals surface area contributed by atoms with Gasteiger partial charge in [0.05, 0.1) is 6.04 Å². The van der Waals surface area contributed by atoms with Crippen molar-refractivity contribution in [1.29, 1.82) is 0 Å². The largest absolute Gasteiger partial charge is 0.320 e. The Kier molecular flexibility index (Phi) is 4.19. The van der Waals surface area contributed by atoms with Crippen molar-refractivity contribution in [3.05, 3.63) is 68.2 Å². The minimum Gasteiger partial charge on any atom is -0.320 e. The first kappa shape index (κ1) is 14.4. The van der Waals surface area contributed by atoms with Crippen LogP contribution < -0.4 is 5.73 Å². The quantitative estimate of drug-likeness (QED) is 0.831. The minimum atomic E-state index is -0.259. The van der Waals surface area contributed by atoms with Crippen molar-refractivity contribution < 1.29 is 0 Å². The number of aryl methyl sites for hydroxylation is 2. The highest BCUT2D eigenvalue weighted by molar-refractivity contribution is 6.32. The molecule has 2 aromatic carbocycles. The van der Waals surface area contributed by atoms with Gasteiger partial charge in [-0.15, -0.1) is 0 Å². The van der Waals surface area contributed by atoms with E-state index in [9.17, 15) is 0 Å². The maximum absolute atomic E-state index is 6.36. The van der Waals surface area contributed by atoms with Gasteiger partial charge >= 0.3 is 0 Å². The number of hydrogen-bond donors (Lipinski definition) is 1. The standard InChI is InChI=1S/C16H17Cl2N/c1-9-7-13(15(18)8-10(9)2)16(19)12-5-4-6-14(17)11(12)3/h4-8,16H,19H2,1-3H3. The van der Waals surface area contributed by atoms with Gasteiger partial charge in [-0.2, -0.15) is 0 Å². The van der Waals surface area contributed by atoms with Gasteiger partial charge in [-0.3, -0.25) is 0 Å². The number of rotatable bonds is 2. The molecule has 100 valence electrons. The van der Waals surface area contributed by atoms with Gasteiger partial charge < -0.3 is 5.73 Å². The monoisotopic (exact) mass is 293 g/mol. The second kappa shape index (κ2) is 5.54. The molecule has 0 saturated carbocycles. The van der Waals surface area contributed by atoms with E-state index in [1.165, 1.54) is 11.1 Å². The topological polar surface area (TPSA) is 26.0 Å². The third-order valence-corrected chi connectivity index (χ3v) is 4.33. The second-order valence-corrected chi connectivity index (χ2v) is 5.70. The second-order valence-electron chi connectivity index (χ2n) is 4.89. The average molecular weight is 294 g/mol. The summed E-state index contributed by atoms with van der Waals surface area (Å²) < 4.78 is 0. The summed E-state index contributed by atoms with van der Waals surface area (Å²) in [4.78, 5) is 0. The number of benzene rings is 2. The third kappa shape index (κ3) is 2.79. The lowest BCUT2D eigenvalue weighted by Crippen LogP contribution is -2.14. The Morgan fingerprint density at radius 3 is 2.21 bits per heavy atom. The van der Waals surface area contributed by atoms with Crippen molar-refractivity contribution in [2.75, 3.05) is 0 Å². The van der Waals surface area contributed by atoms with E-state index in [4.69, 9.17) is 28.9 Å². The van der Waals surface area contributed by atoms with E-state index < -0.39 is 0 Å². The van der Waals surface area contributed by atoms with Gasteiger partial charge in [0.2, 0.25) is 0 Å². The molecule has 0 aliphatic heterocycles. The van der Waals surface area contributed by atoms with Gasteiger partial charge in [0.1, 0.15) is 0 Å². The molecule has 0 aromatic heterocycles. The van der Waals surface area contributed by atoms with Crippen LogP contribution in [-0.4, -0.2) is 0 Å². The number of nitrogens with two attached hydrogens (primary N) is 1. The predicted octanol–water partition coefficient (Wildman–Crippen LogP) is 4.97. The molecule has 2 rings (SSSR count). The summed E-state index contributed by atoms with van der Waals surface area (Å²) in [5.74, 6) is 0. The van der Waals surface area contributed by atoms with Gasteiger partial charge in [-0.05, 0) is 60.7 Å². The summed E-state index contributed by atoms with van der Waals surface area (Å²) in [6.45, 7) is 6.08. The molecule has 3 heteroatoms. The van der Waals surface area contributed by atoms with Crippen molar-refractivity contribution in [2.45, 2.75) is 26.8 Å². The van der Waals surface area contributed by atoms with E-state index in [0.29, 0.717) is 5.02 Å². The summed E-state index contributed by atoms with van der Waals surface area (Å²) >= 11 is 12.5. The summed E-state index contributed by atoms with van der Waals surface area (Å²) in [5.41, 5.74) is 11.7. The fourth-order valence-corrected chi connectivity index (χ4v) is 2.69. The van der Waals surface area contributed by atoms with Crippen LogP contribution >= 0.6 is 23.2 Å². The van der Waals surface area contributed by atoms with Crippen molar-refractivity contribution in [2.24, 2.45) is 5.73 Å². The molecule has 2 N–H and O–H groups in total. The molecule has 1 nitrogen and oxygen atoms in total.